The van der Waals surface area contributed by atoms with Gasteiger partial charge in [0.2, 0.25) is 0 Å². The molecule has 2 aromatic rings. The molecule has 0 bridgehead atoms. The molecule has 0 unspecified atom stereocenters. The number of aromatic nitrogens is 2. The number of rotatable bonds is 3. The van der Waals surface area contributed by atoms with Gasteiger partial charge in [-0.1, -0.05) is 11.8 Å². The zero-order chi connectivity index (χ0) is 15.6. The summed E-state index contributed by atoms with van der Waals surface area (Å²) in [7, 11) is 0. The molecule has 0 aliphatic rings. The van der Waals surface area contributed by atoms with Crippen molar-refractivity contribution in [3.63, 3.8) is 0 Å². The number of anilines is 3. The zero-order valence-electron chi connectivity index (χ0n) is 10.7. The molecule has 0 aliphatic heterocycles. The molecule has 1 aromatic heterocycles. The van der Waals surface area contributed by atoms with Crippen LogP contribution in [0.1, 0.15) is 5.56 Å². The van der Waals surface area contributed by atoms with Gasteiger partial charge in [-0.15, -0.1) is 0 Å². The second-order valence-electron chi connectivity index (χ2n) is 3.98. The quantitative estimate of drug-likeness (QED) is 0.513. The van der Waals surface area contributed by atoms with Gasteiger partial charge in [0, 0.05) is 6.07 Å². The molecule has 0 saturated heterocycles. The molecule has 0 saturated carbocycles. The van der Waals surface area contributed by atoms with Crippen LogP contribution >= 0.6 is 11.8 Å². The highest BCUT2D eigenvalue weighted by Gasteiger charge is 2.31. The maximum absolute atomic E-state index is 13.6. The predicted molar refractivity (Wildman–Crippen MR) is 72.9 cm³/mol. The maximum Gasteiger partial charge on any atom is 0.416 e. The molecule has 0 fully saturated rings. The summed E-state index contributed by atoms with van der Waals surface area (Å²) >= 11 is 1.20. The van der Waals surface area contributed by atoms with Crippen LogP contribution in [0.25, 0.3) is 0 Å². The molecule has 1 aromatic carbocycles. The van der Waals surface area contributed by atoms with Crippen molar-refractivity contribution in [2.75, 3.05) is 17.3 Å². The number of hydrogen-bond acceptors (Lipinski definition) is 5. The molecule has 2 rings (SSSR count). The van der Waals surface area contributed by atoms with Gasteiger partial charge in [0.15, 0.2) is 5.16 Å². The average Bonchev–Trinajstić information content (AvgIpc) is 2.39. The van der Waals surface area contributed by atoms with Gasteiger partial charge in [-0.25, -0.2) is 14.4 Å². The molecule has 1 heterocycles. The lowest BCUT2D eigenvalue weighted by Gasteiger charge is -2.12. The van der Waals surface area contributed by atoms with E-state index in [0.717, 1.165) is 6.07 Å². The first-order valence-electron chi connectivity index (χ1n) is 5.62. The molecule has 0 atom stereocenters. The number of alkyl halides is 3. The number of nitrogens with zero attached hydrogens (tertiary/aromatic N) is 2. The molecule has 9 heteroatoms. The van der Waals surface area contributed by atoms with Crippen molar-refractivity contribution in [3.05, 3.63) is 35.6 Å². The molecule has 3 N–H and O–H groups in total. The highest BCUT2D eigenvalue weighted by atomic mass is 32.2. The van der Waals surface area contributed by atoms with E-state index in [0.29, 0.717) is 17.3 Å². The van der Waals surface area contributed by atoms with Gasteiger partial charge < -0.3 is 11.1 Å². The summed E-state index contributed by atoms with van der Waals surface area (Å²) in [6.07, 6.45) is -2.84. The Balaban J connectivity index is 2.37. The van der Waals surface area contributed by atoms with Crippen molar-refractivity contribution in [1.82, 2.24) is 9.97 Å². The molecular weight excluding hydrogens is 308 g/mol. The van der Waals surface area contributed by atoms with Crippen molar-refractivity contribution < 1.29 is 17.6 Å². The van der Waals surface area contributed by atoms with Crippen LogP contribution in [0.3, 0.4) is 0 Å². The van der Waals surface area contributed by atoms with E-state index >= 15 is 0 Å². The van der Waals surface area contributed by atoms with Gasteiger partial charge in [0.05, 0.1) is 11.3 Å². The minimum Gasteiger partial charge on any atom is -0.383 e. The van der Waals surface area contributed by atoms with Crippen LogP contribution in [0.15, 0.2) is 29.4 Å². The Morgan fingerprint density at radius 2 is 1.90 bits per heavy atom. The van der Waals surface area contributed by atoms with E-state index in [4.69, 9.17) is 5.73 Å². The molecule has 21 heavy (non-hydrogen) atoms. The topological polar surface area (TPSA) is 63.8 Å². The summed E-state index contributed by atoms with van der Waals surface area (Å²) in [6.45, 7) is 0. The minimum atomic E-state index is -4.56. The summed E-state index contributed by atoms with van der Waals surface area (Å²) in [6, 6.07) is 3.39. The van der Waals surface area contributed by atoms with E-state index in [1.165, 1.54) is 17.8 Å². The van der Waals surface area contributed by atoms with Crippen molar-refractivity contribution in [2.24, 2.45) is 0 Å². The number of benzene rings is 1. The van der Waals surface area contributed by atoms with Gasteiger partial charge in [0.25, 0.3) is 0 Å². The molecular formula is C12H10F4N4S. The molecule has 0 radical (unpaired) electrons. The average molecular weight is 318 g/mol. The fourth-order valence-corrected chi connectivity index (χ4v) is 1.92. The number of nitrogens with one attached hydrogen (secondary N) is 1. The van der Waals surface area contributed by atoms with Crippen LogP contribution in [0.2, 0.25) is 0 Å². The van der Waals surface area contributed by atoms with E-state index in [1.54, 1.807) is 6.26 Å². The summed E-state index contributed by atoms with van der Waals surface area (Å²) in [5.41, 5.74) is 4.25. The van der Waals surface area contributed by atoms with Crippen molar-refractivity contribution in [3.8, 4) is 0 Å². The monoisotopic (exact) mass is 318 g/mol. The number of nitrogen functional groups attached to an aromatic ring is 1. The van der Waals surface area contributed by atoms with E-state index in [1.807, 2.05) is 0 Å². The van der Waals surface area contributed by atoms with Gasteiger partial charge in [-0.3, -0.25) is 0 Å². The minimum absolute atomic E-state index is 0.116. The lowest BCUT2D eigenvalue weighted by atomic mass is 10.2. The standard InChI is InChI=1S/C12H10F4N4S/c1-21-11-19-9(17)5-10(20-11)18-8-4-6(12(14,15)16)2-3-7(8)13/h2-5H,1H3,(H3,17,18,19,20). The maximum atomic E-state index is 13.6. The first kappa shape index (κ1) is 15.4. The second kappa shape index (κ2) is 5.76. The number of halogens is 4. The normalized spacial score (nSPS) is 11.5. The first-order valence-corrected chi connectivity index (χ1v) is 6.84. The summed E-state index contributed by atoms with van der Waals surface area (Å²) in [4.78, 5) is 7.88. The van der Waals surface area contributed by atoms with Crippen LogP contribution in [0.4, 0.5) is 34.9 Å². The van der Waals surface area contributed by atoms with Crippen molar-refractivity contribution >= 4 is 29.1 Å². The Morgan fingerprint density at radius 3 is 2.52 bits per heavy atom. The third-order valence-electron chi connectivity index (χ3n) is 2.46. The Kier molecular flexibility index (Phi) is 4.21. The lowest BCUT2D eigenvalue weighted by molar-refractivity contribution is -0.137. The Labute approximate surface area is 121 Å². The largest absolute Gasteiger partial charge is 0.416 e. The fraction of sp³-hybridized carbons (Fsp3) is 0.167. The Morgan fingerprint density at radius 1 is 1.19 bits per heavy atom. The number of nitrogens with two attached hydrogens (primary N) is 1. The lowest BCUT2D eigenvalue weighted by Crippen LogP contribution is -2.07. The Bertz CT molecular complexity index is 660. The summed E-state index contributed by atoms with van der Waals surface area (Å²) in [5, 5.41) is 2.80. The SMILES string of the molecule is CSc1nc(N)cc(Nc2cc(C(F)(F)F)ccc2F)n1. The fourth-order valence-electron chi connectivity index (χ4n) is 1.53. The molecule has 0 amide bonds. The van der Waals surface area contributed by atoms with Gasteiger partial charge in [-0.2, -0.15) is 13.2 Å². The molecule has 0 spiro atoms. The molecule has 112 valence electrons. The van der Waals surface area contributed by atoms with Crippen molar-refractivity contribution in [2.45, 2.75) is 11.3 Å². The second-order valence-corrected chi connectivity index (χ2v) is 4.76. The van der Waals surface area contributed by atoms with E-state index in [-0.39, 0.29) is 17.3 Å². The van der Waals surface area contributed by atoms with Crippen LogP contribution in [0, 0.1) is 5.82 Å². The van der Waals surface area contributed by atoms with E-state index < -0.39 is 17.6 Å². The van der Waals surface area contributed by atoms with Gasteiger partial charge >= 0.3 is 6.18 Å². The van der Waals surface area contributed by atoms with Gasteiger partial charge in [-0.05, 0) is 24.5 Å². The van der Waals surface area contributed by atoms with Crippen LogP contribution in [-0.2, 0) is 6.18 Å². The number of hydrogen-bond donors (Lipinski definition) is 2. The summed E-state index contributed by atoms with van der Waals surface area (Å²) < 4.78 is 51.5. The van der Waals surface area contributed by atoms with Crippen molar-refractivity contribution in [1.29, 1.82) is 0 Å². The summed E-state index contributed by atoms with van der Waals surface area (Å²) in [5.74, 6) is -0.583. The highest BCUT2D eigenvalue weighted by molar-refractivity contribution is 7.98. The molecule has 0 aliphatic carbocycles. The van der Waals surface area contributed by atoms with E-state index in [2.05, 4.69) is 15.3 Å². The number of thioether (sulfide) groups is 1. The molecule has 4 nitrogen and oxygen atoms in total. The predicted octanol–water partition coefficient (Wildman–Crippen LogP) is 3.68. The zero-order valence-corrected chi connectivity index (χ0v) is 11.5. The van der Waals surface area contributed by atoms with Crippen LogP contribution in [0.5, 0.6) is 0 Å². The third kappa shape index (κ3) is 3.75. The third-order valence-corrected chi connectivity index (χ3v) is 3.01. The Hall–Kier alpha value is -2.03. The van der Waals surface area contributed by atoms with Crippen LogP contribution in [-0.4, -0.2) is 16.2 Å². The van der Waals surface area contributed by atoms with Crippen LogP contribution < -0.4 is 11.1 Å². The first-order chi connectivity index (χ1) is 9.79. The smallest absolute Gasteiger partial charge is 0.383 e. The highest BCUT2D eigenvalue weighted by Crippen LogP contribution is 2.32. The van der Waals surface area contributed by atoms with E-state index in [9.17, 15) is 17.6 Å². The van der Waals surface area contributed by atoms with Gasteiger partial charge in [0.1, 0.15) is 17.5 Å².